The highest BCUT2D eigenvalue weighted by molar-refractivity contribution is 6.33. The first-order chi connectivity index (χ1) is 8.74. The first-order valence-electron chi connectivity index (χ1n) is 6.31. The molecule has 18 heavy (non-hydrogen) atoms. The minimum atomic E-state index is 0.322. The van der Waals surface area contributed by atoms with Crippen molar-refractivity contribution in [1.29, 1.82) is 0 Å². The third-order valence-corrected chi connectivity index (χ3v) is 3.43. The van der Waals surface area contributed by atoms with Crippen LogP contribution in [0.2, 0.25) is 5.02 Å². The molecule has 94 valence electrons. The first-order valence-corrected chi connectivity index (χ1v) is 6.69. The van der Waals surface area contributed by atoms with Crippen molar-refractivity contribution in [2.24, 2.45) is 0 Å². The molecule has 0 saturated carbocycles. The lowest BCUT2D eigenvalue weighted by atomic mass is 9.95. The van der Waals surface area contributed by atoms with E-state index in [9.17, 15) is 0 Å². The van der Waals surface area contributed by atoms with Crippen molar-refractivity contribution in [2.75, 3.05) is 6.54 Å². The molecular formula is C16H18ClN. The summed E-state index contributed by atoms with van der Waals surface area (Å²) in [6.45, 7) is 5.26. The average molecular weight is 260 g/mol. The fourth-order valence-electron chi connectivity index (χ4n) is 2.22. The molecule has 2 rings (SSSR count). The van der Waals surface area contributed by atoms with Crippen molar-refractivity contribution in [3.05, 3.63) is 59.1 Å². The highest BCUT2D eigenvalue weighted by Crippen LogP contribution is 2.32. The Morgan fingerprint density at radius 3 is 2.28 bits per heavy atom. The monoisotopic (exact) mass is 259 g/mol. The van der Waals surface area contributed by atoms with E-state index in [1.165, 1.54) is 11.1 Å². The SMILES string of the molecule is CCNC(C)c1ccccc1-c1ccccc1Cl. The summed E-state index contributed by atoms with van der Waals surface area (Å²) in [5.74, 6) is 0. The van der Waals surface area contributed by atoms with Gasteiger partial charge in [0.05, 0.1) is 0 Å². The van der Waals surface area contributed by atoms with Gasteiger partial charge >= 0.3 is 0 Å². The molecule has 0 aromatic heterocycles. The van der Waals surface area contributed by atoms with Crippen LogP contribution in [-0.2, 0) is 0 Å². The smallest absolute Gasteiger partial charge is 0.0484 e. The van der Waals surface area contributed by atoms with E-state index >= 15 is 0 Å². The Balaban J connectivity index is 2.48. The third-order valence-electron chi connectivity index (χ3n) is 3.10. The van der Waals surface area contributed by atoms with Crippen LogP contribution in [0.3, 0.4) is 0 Å². The van der Waals surface area contributed by atoms with Gasteiger partial charge in [-0.25, -0.2) is 0 Å². The van der Waals surface area contributed by atoms with Gasteiger partial charge in [-0.15, -0.1) is 0 Å². The molecule has 0 fully saturated rings. The number of halogens is 1. The Labute approximate surface area is 114 Å². The van der Waals surface area contributed by atoms with Gasteiger partial charge in [0.25, 0.3) is 0 Å². The van der Waals surface area contributed by atoms with Crippen LogP contribution in [-0.4, -0.2) is 6.54 Å². The van der Waals surface area contributed by atoms with E-state index in [2.05, 4.69) is 49.5 Å². The van der Waals surface area contributed by atoms with Crippen LogP contribution in [0.25, 0.3) is 11.1 Å². The lowest BCUT2D eigenvalue weighted by molar-refractivity contribution is 0.599. The van der Waals surface area contributed by atoms with Crippen molar-refractivity contribution in [1.82, 2.24) is 5.32 Å². The number of hydrogen-bond acceptors (Lipinski definition) is 1. The van der Waals surface area contributed by atoms with Gasteiger partial charge in [-0.2, -0.15) is 0 Å². The van der Waals surface area contributed by atoms with Crippen LogP contribution in [0.15, 0.2) is 48.5 Å². The highest BCUT2D eigenvalue weighted by atomic mass is 35.5. The molecule has 0 aliphatic rings. The van der Waals surface area contributed by atoms with Crippen LogP contribution >= 0.6 is 11.6 Å². The average Bonchev–Trinajstić information content (AvgIpc) is 2.40. The zero-order valence-electron chi connectivity index (χ0n) is 10.8. The second-order valence-corrected chi connectivity index (χ2v) is 4.75. The normalized spacial score (nSPS) is 12.4. The number of nitrogens with one attached hydrogen (secondary N) is 1. The molecule has 0 saturated heterocycles. The van der Waals surface area contributed by atoms with E-state index in [0.717, 1.165) is 17.1 Å². The summed E-state index contributed by atoms with van der Waals surface area (Å²) in [6.07, 6.45) is 0. The molecule has 0 spiro atoms. The lowest BCUT2D eigenvalue weighted by Gasteiger charge is -2.18. The van der Waals surface area contributed by atoms with Crippen LogP contribution < -0.4 is 5.32 Å². The molecule has 1 atom stereocenters. The minimum absolute atomic E-state index is 0.322. The van der Waals surface area contributed by atoms with E-state index in [-0.39, 0.29) is 0 Å². The second kappa shape index (κ2) is 6.03. The summed E-state index contributed by atoms with van der Waals surface area (Å²) < 4.78 is 0. The molecule has 0 aliphatic heterocycles. The van der Waals surface area contributed by atoms with E-state index < -0.39 is 0 Å². The van der Waals surface area contributed by atoms with Gasteiger partial charge in [0.15, 0.2) is 0 Å². The van der Waals surface area contributed by atoms with E-state index in [1.54, 1.807) is 0 Å². The maximum Gasteiger partial charge on any atom is 0.0484 e. The second-order valence-electron chi connectivity index (χ2n) is 4.35. The maximum absolute atomic E-state index is 6.29. The predicted molar refractivity (Wildman–Crippen MR) is 79.0 cm³/mol. The van der Waals surface area contributed by atoms with Gasteiger partial charge in [0.1, 0.15) is 0 Å². The van der Waals surface area contributed by atoms with Crippen molar-refractivity contribution in [3.63, 3.8) is 0 Å². The predicted octanol–water partition coefficient (Wildman–Crippen LogP) is 4.68. The van der Waals surface area contributed by atoms with Crippen LogP contribution in [0.5, 0.6) is 0 Å². The van der Waals surface area contributed by atoms with Crippen molar-refractivity contribution < 1.29 is 0 Å². The lowest BCUT2D eigenvalue weighted by Crippen LogP contribution is -2.18. The molecule has 0 radical (unpaired) electrons. The molecule has 0 bridgehead atoms. The molecular weight excluding hydrogens is 242 g/mol. The molecule has 2 aromatic carbocycles. The highest BCUT2D eigenvalue weighted by Gasteiger charge is 2.12. The Morgan fingerprint density at radius 1 is 1.00 bits per heavy atom. The minimum Gasteiger partial charge on any atom is -0.310 e. The molecule has 0 heterocycles. The summed E-state index contributed by atoms with van der Waals surface area (Å²) in [7, 11) is 0. The Hall–Kier alpha value is -1.31. The third kappa shape index (κ3) is 2.74. The van der Waals surface area contributed by atoms with Gasteiger partial charge < -0.3 is 5.32 Å². The topological polar surface area (TPSA) is 12.0 Å². The van der Waals surface area contributed by atoms with Crippen LogP contribution in [0, 0.1) is 0 Å². The fourth-order valence-corrected chi connectivity index (χ4v) is 2.45. The van der Waals surface area contributed by atoms with E-state index in [0.29, 0.717) is 6.04 Å². The number of benzene rings is 2. The zero-order chi connectivity index (χ0) is 13.0. The molecule has 1 unspecified atom stereocenters. The Morgan fingerprint density at radius 2 is 1.61 bits per heavy atom. The quantitative estimate of drug-likeness (QED) is 0.841. The van der Waals surface area contributed by atoms with Gasteiger partial charge in [0.2, 0.25) is 0 Å². The van der Waals surface area contributed by atoms with Gasteiger partial charge in [-0.3, -0.25) is 0 Å². The zero-order valence-corrected chi connectivity index (χ0v) is 11.5. The molecule has 1 nitrogen and oxygen atoms in total. The molecule has 1 N–H and O–H groups in total. The van der Waals surface area contributed by atoms with Crippen LogP contribution in [0.1, 0.15) is 25.5 Å². The summed E-state index contributed by atoms with van der Waals surface area (Å²) in [4.78, 5) is 0. The Bertz CT molecular complexity index is 522. The summed E-state index contributed by atoms with van der Waals surface area (Å²) >= 11 is 6.29. The van der Waals surface area contributed by atoms with Crippen molar-refractivity contribution in [2.45, 2.75) is 19.9 Å². The fraction of sp³-hybridized carbons (Fsp3) is 0.250. The summed E-state index contributed by atoms with van der Waals surface area (Å²) in [6, 6.07) is 16.7. The molecule has 0 aliphatic carbocycles. The van der Waals surface area contributed by atoms with Gasteiger partial charge in [-0.1, -0.05) is 61.0 Å². The number of hydrogen-bond donors (Lipinski definition) is 1. The molecule has 2 heteroatoms. The van der Waals surface area contributed by atoms with Gasteiger partial charge in [0, 0.05) is 16.6 Å². The van der Waals surface area contributed by atoms with Gasteiger partial charge in [-0.05, 0) is 30.7 Å². The van der Waals surface area contributed by atoms with Crippen molar-refractivity contribution in [3.8, 4) is 11.1 Å². The van der Waals surface area contributed by atoms with Crippen LogP contribution in [0.4, 0.5) is 0 Å². The largest absolute Gasteiger partial charge is 0.310 e. The summed E-state index contributed by atoms with van der Waals surface area (Å²) in [5, 5.41) is 4.25. The standard InChI is InChI=1S/C16H18ClN/c1-3-18-12(2)13-8-4-5-9-14(13)15-10-6-7-11-16(15)17/h4-12,18H,3H2,1-2H3. The summed E-state index contributed by atoms with van der Waals surface area (Å²) in [5.41, 5.74) is 3.59. The van der Waals surface area contributed by atoms with Crippen molar-refractivity contribution >= 4 is 11.6 Å². The molecule has 2 aromatic rings. The van der Waals surface area contributed by atoms with E-state index in [4.69, 9.17) is 11.6 Å². The Kier molecular flexibility index (Phi) is 4.40. The first kappa shape index (κ1) is 13.1. The molecule has 0 amide bonds. The number of rotatable bonds is 4. The van der Waals surface area contributed by atoms with E-state index in [1.807, 2.05) is 18.2 Å². The maximum atomic E-state index is 6.29.